The van der Waals surface area contributed by atoms with Crippen LogP contribution in [0.15, 0.2) is 29.0 Å². The highest BCUT2D eigenvalue weighted by Crippen LogP contribution is 2.32. The molecule has 88 valence electrons. The van der Waals surface area contributed by atoms with Crippen LogP contribution in [-0.2, 0) is 0 Å². The lowest BCUT2D eigenvalue weighted by Gasteiger charge is -2.06. The van der Waals surface area contributed by atoms with Crippen molar-refractivity contribution in [2.45, 2.75) is 0 Å². The maximum atomic E-state index is 13.3. The van der Waals surface area contributed by atoms with Crippen molar-refractivity contribution in [1.82, 2.24) is 9.97 Å². The predicted octanol–water partition coefficient (Wildman–Crippen LogP) is 4.43. The molecule has 1 heterocycles. The summed E-state index contributed by atoms with van der Waals surface area (Å²) < 4.78 is 20.0. The zero-order valence-electron chi connectivity index (χ0n) is 8.12. The fourth-order valence-electron chi connectivity index (χ4n) is 1.03. The summed E-state index contributed by atoms with van der Waals surface area (Å²) in [6.45, 7) is 0. The zero-order valence-corrected chi connectivity index (χ0v) is 12.6. The Bertz CT molecular complexity index is 553. The molecule has 0 saturated heterocycles. The van der Waals surface area contributed by atoms with Gasteiger partial charge in [-0.1, -0.05) is 11.6 Å². The van der Waals surface area contributed by atoms with Gasteiger partial charge in [-0.3, -0.25) is 0 Å². The van der Waals surface area contributed by atoms with Gasteiger partial charge in [0.25, 0.3) is 0 Å². The van der Waals surface area contributed by atoms with Gasteiger partial charge in [-0.15, -0.1) is 0 Å². The van der Waals surface area contributed by atoms with E-state index in [9.17, 15) is 4.39 Å². The first-order valence-electron chi connectivity index (χ1n) is 4.36. The Balaban J connectivity index is 2.30. The maximum Gasteiger partial charge on any atom is 0.321 e. The van der Waals surface area contributed by atoms with Crippen molar-refractivity contribution >= 4 is 50.1 Å². The normalized spacial score (nSPS) is 10.4. The molecule has 0 unspecified atom stereocenters. The average molecular weight is 429 g/mol. The fourth-order valence-corrected chi connectivity index (χ4v) is 2.03. The SMILES string of the molecule is Fc1cc(Oc2ncc(I)cn2)c(Br)cc1Cl. The second-order valence-corrected chi connectivity index (χ2v) is 5.49. The standard InChI is InChI=1S/C10H4BrClFIN2O/c11-6-1-7(12)8(13)2-9(6)17-10-15-3-5(14)4-16-10/h1-4H. The van der Waals surface area contributed by atoms with Crippen LogP contribution in [0.4, 0.5) is 4.39 Å². The van der Waals surface area contributed by atoms with Crippen LogP contribution >= 0.6 is 50.1 Å². The lowest BCUT2D eigenvalue weighted by Crippen LogP contribution is -1.93. The molecule has 2 aromatic rings. The second-order valence-electron chi connectivity index (χ2n) is 2.98. The van der Waals surface area contributed by atoms with Crippen LogP contribution in [0, 0.1) is 9.39 Å². The largest absolute Gasteiger partial charge is 0.423 e. The van der Waals surface area contributed by atoms with Crippen LogP contribution in [0.5, 0.6) is 11.8 Å². The molecule has 0 bridgehead atoms. The molecule has 17 heavy (non-hydrogen) atoms. The molecule has 0 spiro atoms. The summed E-state index contributed by atoms with van der Waals surface area (Å²) in [5.41, 5.74) is 0. The number of halogens is 4. The summed E-state index contributed by atoms with van der Waals surface area (Å²) in [6, 6.07) is 2.74. The summed E-state index contributed by atoms with van der Waals surface area (Å²) >= 11 is 10.9. The highest BCUT2D eigenvalue weighted by atomic mass is 127. The van der Waals surface area contributed by atoms with E-state index in [2.05, 4.69) is 48.5 Å². The molecule has 0 radical (unpaired) electrons. The minimum absolute atomic E-state index is 0.0211. The number of nitrogens with zero attached hydrogens (tertiary/aromatic N) is 2. The predicted molar refractivity (Wildman–Crippen MR) is 73.9 cm³/mol. The van der Waals surface area contributed by atoms with E-state index < -0.39 is 5.82 Å². The summed E-state index contributed by atoms with van der Waals surface area (Å²) in [5.74, 6) is -0.288. The third-order valence-electron chi connectivity index (χ3n) is 1.77. The fraction of sp³-hybridized carbons (Fsp3) is 0. The molecule has 0 atom stereocenters. The van der Waals surface area contributed by atoms with Crippen LogP contribution < -0.4 is 4.74 Å². The molecular formula is C10H4BrClFIN2O. The van der Waals surface area contributed by atoms with Crippen LogP contribution in [0.1, 0.15) is 0 Å². The maximum absolute atomic E-state index is 13.3. The van der Waals surface area contributed by atoms with Crippen molar-refractivity contribution in [3.05, 3.63) is 43.4 Å². The van der Waals surface area contributed by atoms with Crippen LogP contribution in [0.2, 0.25) is 5.02 Å². The number of rotatable bonds is 2. The third kappa shape index (κ3) is 3.26. The van der Waals surface area contributed by atoms with Crippen molar-refractivity contribution in [3.8, 4) is 11.8 Å². The van der Waals surface area contributed by atoms with E-state index in [0.717, 1.165) is 3.57 Å². The minimum Gasteiger partial charge on any atom is -0.423 e. The quantitative estimate of drug-likeness (QED) is 0.524. The first kappa shape index (κ1) is 13.0. The van der Waals surface area contributed by atoms with E-state index in [1.807, 2.05) is 0 Å². The molecule has 0 aliphatic heterocycles. The number of hydrogen-bond acceptors (Lipinski definition) is 3. The number of ether oxygens (including phenoxy) is 1. The van der Waals surface area contributed by atoms with Gasteiger partial charge in [0.2, 0.25) is 0 Å². The molecule has 0 aliphatic rings. The number of hydrogen-bond donors (Lipinski definition) is 0. The van der Waals surface area contributed by atoms with Crippen molar-refractivity contribution in [3.63, 3.8) is 0 Å². The van der Waals surface area contributed by atoms with Gasteiger partial charge >= 0.3 is 6.01 Å². The Morgan fingerprint density at radius 2 is 1.94 bits per heavy atom. The van der Waals surface area contributed by atoms with Gasteiger partial charge in [0.05, 0.1) is 9.50 Å². The molecule has 1 aromatic heterocycles. The molecule has 1 aromatic carbocycles. The summed E-state index contributed by atoms with van der Waals surface area (Å²) in [7, 11) is 0. The van der Waals surface area contributed by atoms with Crippen molar-refractivity contribution < 1.29 is 9.13 Å². The molecule has 0 saturated carbocycles. The second kappa shape index (κ2) is 5.45. The first-order chi connectivity index (χ1) is 8.06. The summed E-state index contributed by atoms with van der Waals surface area (Å²) in [5, 5.41) is 0.0211. The van der Waals surface area contributed by atoms with E-state index >= 15 is 0 Å². The monoisotopic (exact) mass is 428 g/mol. The molecule has 0 aliphatic carbocycles. The van der Waals surface area contributed by atoms with Crippen molar-refractivity contribution in [1.29, 1.82) is 0 Å². The van der Waals surface area contributed by atoms with Gasteiger partial charge in [0, 0.05) is 22.0 Å². The molecule has 0 amide bonds. The van der Waals surface area contributed by atoms with E-state index in [-0.39, 0.29) is 16.8 Å². The molecule has 2 rings (SSSR count). The first-order valence-corrected chi connectivity index (χ1v) is 6.61. The lowest BCUT2D eigenvalue weighted by molar-refractivity contribution is 0.435. The van der Waals surface area contributed by atoms with Gasteiger partial charge in [0.15, 0.2) is 0 Å². The topological polar surface area (TPSA) is 35.0 Å². The number of benzene rings is 1. The zero-order chi connectivity index (χ0) is 12.4. The van der Waals surface area contributed by atoms with E-state index in [1.54, 1.807) is 12.4 Å². The van der Waals surface area contributed by atoms with Gasteiger partial charge in [-0.05, 0) is 44.6 Å². The van der Waals surface area contributed by atoms with Gasteiger partial charge in [-0.25, -0.2) is 14.4 Å². The van der Waals surface area contributed by atoms with Gasteiger partial charge in [0.1, 0.15) is 11.6 Å². The van der Waals surface area contributed by atoms with Gasteiger partial charge in [-0.2, -0.15) is 0 Å². The van der Waals surface area contributed by atoms with Crippen molar-refractivity contribution in [2.75, 3.05) is 0 Å². The Morgan fingerprint density at radius 1 is 1.29 bits per heavy atom. The van der Waals surface area contributed by atoms with Crippen molar-refractivity contribution in [2.24, 2.45) is 0 Å². The highest BCUT2D eigenvalue weighted by Gasteiger charge is 2.10. The third-order valence-corrected chi connectivity index (χ3v) is 3.24. The molecule has 0 fully saturated rings. The lowest BCUT2D eigenvalue weighted by atomic mass is 10.3. The highest BCUT2D eigenvalue weighted by molar-refractivity contribution is 14.1. The minimum atomic E-state index is -0.560. The van der Waals surface area contributed by atoms with E-state index in [4.69, 9.17) is 16.3 Å². The Morgan fingerprint density at radius 3 is 2.59 bits per heavy atom. The van der Waals surface area contributed by atoms with E-state index in [1.165, 1.54) is 12.1 Å². The molecule has 7 heteroatoms. The Hall–Kier alpha value is -0.470. The van der Waals surface area contributed by atoms with Crippen LogP contribution in [0.3, 0.4) is 0 Å². The molecular weight excluding hydrogens is 425 g/mol. The Labute approximate surface area is 124 Å². The smallest absolute Gasteiger partial charge is 0.321 e. The Kier molecular flexibility index (Phi) is 4.16. The average Bonchev–Trinajstić information content (AvgIpc) is 2.29. The van der Waals surface area contributed by atoms with E-state index in [0.29, 0.717) is 4.47 Å². The molecule has 0 N–H and O–H groups in total. The number of aromatic nitrogens is 2. The van der Waals surface area contributed by atoms with Gasteiger partial charge < -0.3 is 4.74 Å². The van der Waals surface area contributed by atoms with Crippen LogP contribution in [-0.4, -0.2) is 9.97 Å². The molecule has 3 nitrogen and oxygen atoms in total. The summed E-state index contributed by atoms with van der Waals surface area (Å²) in [6.07, 6.45) is 3.20. The summed E-state index contributed by atoms with van der Waals surface area (Å²) in [4.78, 5) is 7.90. The van der Waals surface area contributed by atoms with Crippen LogP contribution in [0.25, 0.3) is 0 Å².